The Bertz CT molecular complexity index is 837. The third-order valence-corrected chi connectivity index (χ3v) is 5.77. The predicted octanol–water partition coefficient (Wildman–Crippen LogP) is 3.47. The number of ether oxygens (including phenoxy) is 2. The van der Waals surface area contributed by atoms with Crippen LogP contribution in [0.25, 0.3) is 0 Å². The average molecular weight is 413 g/mol. The molecule has 0 aromatic heterocycles. The maximum atomic E-state index is 13.2. The molecule has 2 fully saturated rings. The van der Waals surface area contributed by atoms with Gasteiger partial charge >= 0.3 is 0 Å². The zero-order chi connectivity index (χ0) is 20.9. The summed E-state index contributed by atoms with van der Waals surface area (Å²) in [6.45, 7) is 4.11. The van der Waals surface area contributed by atoms with E-state index in [-0.39, 0.29) is 23.7 Å². The minimum Gasteiger partial charge on any atom is -0.497 e. The molecular weight excluding hydrogens is 383 g/mol. The topological polar surface area (TPSA) is 42.0 Å². The molecule has 1 saturated carbocycles. The summed E-state index contributed by atoms with van der Waals surface area (Å²) in [5, 5.41) is 0. The average Bonchev–Trinajstić information content (AvgIpc) is 3.61. The van der Waals surface area contributed by atoms with E-state index < -0.39 is 0 Å². The second-order valence-corrected chi connectivity index (χ2v) is 8.20. The van der Waals surface area contributed by atoms with E-state index in [4.69, 9.17) is 9.47 Å². The van der Waals surface area contributed by atoms with Crippen molar-refractivity contribution in [3.63, 3.8) is 0 Å². The Hall–Kier alpha value is -2.44. The maximum Gasteiger partial charge on any atom is 0.225 e. The van der Waals surface area contributed by atoms with E-state index in [1.807, 2.05) is 17.0 Å². The third-order valence-electron chi connectivity index (χ3n) is 5.77. The number of nitrogens with zero attached hydrogens (tertiary/aromatic N) is 2. The van der Waals surface area contributed by atoms with Crippen molar-refractivity contribution in [3.05, 3.63) is 65.5 Å². The highest BCUT2D eigenvalue weighted by Crippen LogP contribution is 2.31. The molecule has 1 saturated heterocycles. The van der Waals surface area contributed by atoms with Gasteiger partial charge in [-0.25, -0.2) is 4.39 Å². The summed E-state index contributed by atoms with van der Waals surface area (Å²) >= 11 is 0. The van der Waals surface area contributed by atoms with Crippen LogP contribution < -0.4 is 4.74 Å². The van der Waals surface area contributed by atoms with Gasteiger partial charge in [0.05, 0.1) is 19.8 Å². The van der Waals surface area contributed by atoms with Gasteiger partial charge in [-0.15, -0.1) is 0 Å². The number of hydrogen-bond donors (Lipinski definition) is 0. The van der Waals surface area contributed by atoms with Gasteiger partial charge in [0.25, 0.3) is 0 Å². The van der Waals surface area contributed by atoms with Gasteiger partial charge in [0, 0.05) is 38.6 Å². The van der Waals surface area contributed by atoms with Gasteiger partial charge in [0.1, 0.15) is 11.6 Å². The minimum atomic E-state index is -0.250. The molecule has 0 radical (unpaired) electrons. The van der Waals surface area contributed by atoms with E-state index in [1.54, 1.807) is 19.2 Å². The molecule has 2 aromatic rings. The fourth-order valence-electron chi connectivity index (χ4n) is 3.86. The molecule has 0 spiro atoms. The van der Waals surface area contributed by atoms with Crippen molar-refractivity contribution >= 4 is 5.91 Å². The standard InChI is InChI=1S/C24H29FN2O3/c1-29-22-10-4-18(5-11-22)14-26-12-13-27(24(28)20-6-7-20)16-23(15-26)30-17-19-2-8-21(25)9-3-19/h2-5,8-11,20,23H,6-7,12-17H2,1H3. The van der Waals surface area contributed by atoms with Crippen LogP contribution in [0.4, 0.5) is 4.39 Å². The summed E-state index contributed by atoms with van der Waals surface area (Å²) in [6, 6.07) is 14.5. The predicted molar refractivity (Wildman–Crippen MR) is 113 cm³/mol. The lowest BCUT2D eigenvalue weighted by molar-refractivity contribution is -0.134. The van der Waals surface area contributed by atoms with Gasteiger partial charge in [0.15, 0.2) is 0 Å². The van der Waals surface area contributed by atoms with Gasteiger partial charge in [-0.1, -0.05) is 24.3 Å². The van der Waals surface area contributed by atoms with Gasteiger partial charge in [-0.3, -0.25) is 9.69 Å². The first-order valence-corrected chi connectivity index (χ1v) is 10.6. The van der Waals surface area contributed by atoms with Crippen LogP contribution in [0.3, 0.4) is 0 Å². The number of methoxy groups -OCH3 is 1. The number of carbonyl (C=O) groups excluding carboxylic acids is 1. The Morgan fingerprint density at radius 1 is 1.00 bits per heavy atom. The van der Waals surface area contributed by atoms with Crippen LogP contribution in [-0.4, -0.2) is 55.1 Å². The lowest BCUT2D eigenvalue weighted by Gasteiger charge is -2.25. The molecule has 1 amide bonds. The Morgan fingerprint density at radius 3 is 2.37 bits per heavy atom. The van der Waals surface area contributed by atoms with E-state index >= 15 is 0 Å². The molecule has 2 aromatic carbocycles. The molecule has 1 atom stereocenters. The highest BCUT2D eigenvalue weighted by molar-refractivity contribution is 5.81. The Labute approximate surface area is 177 Å². The zero-order valence-corrected chi connectivity index (χ0v) is 17.4. The summed E-state index contributed by atoms with van der Waals surface area (Å²) in [5.41, 5.74) is 2.14. The van der Waals surface area contributed by atoms with Crippen LogP contribution >= 0.6 is 0 Å². The summed E-state index contributed by atoms with van der Waals surface area (Å²) < 4.78 is 24.6. The van der Waals surface area contributed by atoms with Crippen molar-refractivity contribution in [2.75, 3.05) is 33.3 Å². The van der Waals surface area contributed by atoms with Crippen LogP contribution in [0.2, 0.25) is 0 Å². The van der Waals surface area contributed by atoms with Crippen molar-refractivity contribution in [2.24, 2.45) is 5.92 Å². The lowest BCUT2D eigenvalue weighted by Crippen LogP contribution is -2.39. The number of carbonyl (C=O) groups is 1. The molecule has 6 heteroatoms. The third kappa shape index (κ3) is 5.58. The van der Waals surface area contributed by atoms with Crippen LogP contribution in [0.15, 0.2) is 48.5 Å². The lowest BCUT2D eigenvalue weighted by atomic mass is 10.2. The van der Waals surface area contributed by atoms with Crippen LogP contribution in [0, 0.1) is 11.7 Å². The summed E-state index contributed by atoms with van der Waals surface area (Å²) in [4.78, 5) is 17.0. The van der Waals surface area contributed by atoms with Crippen LogP contribution in [0.5, 0.6) is 5.75 Å². The van der Waals surface area contributed by atoms with E-state index in [0.29, 0.717) is 13.2 Å². The van der Waals surface area contributed by atoms with Gasteiger partial charge < -0.3 is 14.4 Å². The van der Waals surface area contributed by atoms with Crippen molar-refractivity contribution in [3.8, 4) is 5.75 Å². The molecule has 1 heterocycles. The molecule has 4 rings (SSSR count). The number of halogens is 1. The number of amides is 1. The SMILES string of the molecule is COc1ccc(CN2CCN(C(=O)C3CC3)CC(OCc3ccc(F)cc3)C2)cc1. The second kappa shape index (κ2) is 9.58. The minimum absolute atomic E-state index is 0.0847. The molecule has 160 valence electrons. The van der Waals surface area contributed by atoms with E-state index in [2.05, 4.69) is 17.0 Å². The molecule has 0 bridgehead atoms. The molecule has 30 heavy (non-hydrogen) atoms. The summed E-state index contributed by atoms with van der Waals surface area (Å²) in [7, 11) is 1.67. The Balaban J connectivity index is 1.42. The van der Waals surface area contributed by atoms with Crippen molar-refractivity contribution in [1.29, 1.82) is 0 Å². The quantitative estimate of drug-likeness (QED) is 0.698. The van der Waals surface area contributed by atoms with E-state index in [0.717, 1.165) is 50.3 Å². The molecule has 5 nitrogen and oxygen atoms in total. The fraction of sp³-hybridized carbons (Fsp3) is 0.458. The number of rotatable bonds is 7. The first-order valence-electron chi connectivity index (χ1n) is 10.6. The summed E-state index contributed by atoms with van der Waals surface area (Å²) in [5.74, 6) is 1.06. The Morgan fingerprint density at radius 2 is 1.70 bits per heavy atom. The number of benzene rings is 2. The molecule has 0 N–H and O–H groups in total. The highest BCUT2D eigenvalue weighted by atomic mass is 19.1. The fourth-order valence-corrected chi connectivity index (χ4v) is 3.86. The molecule has 1 unspecified atom stereocenters. The van der Waals surface area contributed by atoms with Crippen molar-refractivity contribution in [1.82, 2.24) is 9.80 Å². The summed E-state index contributed by atoms with van der Waals surface area (Å²) in [6.07, 6.45) is 1.93. The van der Waals surface area contributed by atoms with Crippen LogP contribution in [-0.2, 0) is 22.7 Å². The smallest absolute Gasteiger partial charge is 0.225 e. The van der Waals surface area contributed by atoms with Crippen molar-refractivity contribution < 1.29 is 18.7 Å². The van der Waals surface area contributed by atoms with Gasteiger partial charge in [0.2, 0.25) is 5.91 Å². The normalized spacial score (nSPS) is 20.1. The van der Waals surface area contributed by atoms with Gasteiger partial charge in [-0.2, -0.15) is 0 Å². The monoisotopic (exact) mass is 412 g/mol. The Kier molecular flexibility index (Phi) is 6.65. The number of hydrogen-bond acceptors (Lipinski definition) is 4. The van der Waals surface area contributed by atoms with Crippen molar-refractivity contribution in [2.45, 2.75) is 32.1 Å². The first-order chi connectivity index (χ1) is 14.6. The maximum absolute atomic E-state index is 13.2. The molecule has 1 aliphatic carbocycles. The first kappa shape index (κ1) is 20.8. The van der Waals surface area contributed by atoms with E-state index in [9.17, 15) is 9.18 Å². The largest absolute Gasteiger partial charge is 0.497 e. The van der Waals surface area contributed by atoms with Crippen LogP contribution in [0.1, 0.15) is 24.0 Å². The highest BCUT2D eigenvalue weighted by Gasteiger charge is 2.35. The second-order valence-electron chi connectivity index (χ2n) is 8.20. The zero-order valence-electron chi connectivity index (χ0n) is 17.4. The molecule has 2 aliphatic rings. The van der Waals surface area contributed by atoms with E-state index in [1.165, 1.54) is 17.7 Å². The van der Waals surface area contributed by atoms with Gasteiger partial charge in [-0.05, 0) is 48.2 Å². The molecular formula is C24H29FN2O3. The molecule has 1 aliphatic heterocycles.